The van der Waals surface area contributed by atoms with Gasteiger partial charge in [0.25, 0.3) is 0 Å². The second-order valence-corrected chi connectivity index (χ2v) is 9.43. The quantitative estimate of drug-likeness (QED) is 0.663. The second-order valence-electron chi connectivity index (χ2n) is 7.44. The lowest BCUT2D eigenvalue weighted by Gasteiger charge is -2.21. The van der Waals surface area contributed by atoms with Crippen molar-refractivity contribution < 1.29 is 18.0 Å². The van der Waals surface area contributed by atoms with Crippen LogP contribution in [0, 0.1) is 6.92 Å². The zero-order chi connectivity index (χ0) is 20.4. The minimum Gasteiger partial charge on any atom is -0.392 e. The number of likely N-dealkylation sites (tertiary alicyclic amines) is 1. The molecule has 0 bridgehead atoms. The number of sulfone groups is 1. The Labute approximate surface area is 169 Å². The van der Waals surface area contributed by atoms with Crippen LogP contribution in [0.5, 0.6) is 0 Å². The lowest BCUT2D eigenvalue weighted by atomic mass is 10.1. The number of aliphatic hydroxyl groups is 1. The maximum atomic E-state index is 12.6. The van der Waals surface area contributed by atoms with Gasteiger partial charge in [-0.3, -0.25) is 4.90 Å². The fraction of sp³-hybridized carbons (Fsp3) is 0.333. The van der Waals surface area contributed by atoms with E-state index in [1.807, 2.05) is 37.3 Å². The highest BCUT2D eigenvalue weighted by molar-refractivity contribution is 7.90. The van der Waals surface area contributed by atoms with Crippen molar-refractivity contribution in [1.29, 1.82) is 0 Å². The Bertz CT molecular complexity index is 1060. The van der Waals surface area contributed by atoms with E-state index in [4.69, 9.17) is 4.52 Å². The molecule has 29 heavy (non-hydrogen) atoms. The summed E-state index contributed by atoms with van der Waals surface area (Å²) in [6.45, 7) is 3.04. The van der Waals surface area contributed by atoms with Gasteiger partial charge in [0.05, 0.1) is 17.0 Å². The van der Waals surface area contributed by atoms with Gasteiger partial charge in [-0.25, -0.2) is 8.42 Å². The average Bonchev–Trinajstić information content (AvgIpc) is 3.28. The van der Waals surface area contributed by atoms with Crippen molar-refractivity contribution in [2.24, 2.45) is 0 Å². The Balaban J connectivity index is 1.51. The molecule has 4 rings (SSSR count). The predicted octanol–water partition coefficient (Wildman–Crippen LogP) is 2.66. The zero-order valence-corrected chi connectivity index (χ0v) is 16.9. The monoisotopic (exact) mass is 413 g/mol. The van der Waals surface area contributed by atoms with Crippen LogP contribution < -0.4 is 0 Å². The molecule has 2 heterocycles. The van der Waals surface area contributed by atoms with E-state index in [9.17, 15) is 13.5 Å². The molecule has 2 aromatic carbocycles. The number of hydrogen-bond donors (Lipinski definition) is 1. The van der Waals surface area contributed by atoms with Gasteiger partial charge in [0.2, 0.25) is 5.89 Å². The van der Waals surface area contributed by atoms with Crippen LogP contribution in [-0.2, 0) is 22.1 Å². The summed E-state index contributed by atoms with van der Waals surface area (Å²) in [5.74, 6) is 0.140. The lowest BCUT2D eigenvalue weighted by Crippen LogP contribution is -2.24. The highest BCUT2D eigenvalue weighted by atomic mass is 32.2. The van der Waals surface area contributed by atoms with Gasteiger partial charge >= 0.3 is 0 Å². The van der Waals surface area contributed by atoms with Gasteiger partial charge in [-0.05, 0) is 31.0 Å². The summed E-state index contributed by atoms with van der Waals surface area (Å²) in [5, 5.41) is 14.0. The Hall–Kier alpha value is -2.55. The van der Waals surface area contributed by atoms with Crippen LogP contribution in [0.4, 0.5) is 0 Å². The van der Waals surface area contributed by atoms with E-state index in [-0.39, 0.29) is 22.5 Å². The summed E-state index contributed by atoms with van der Waals surface area (Å²) >= 11 is 0. The van der Waals surface area contributed by atoms with Gasteiger partial charge in [-0.2, -0.15) is 4.98 Å². The predicted molar refractivity (Wildman–Crippen MR) is 107 cm³/mol. The molecule has 152 valence electrons. The summed E-state index contributed by atoms with van der Waals surface area (Å²) in [5.41, 5.74) is 2.11. The standard InChI is InChI=1S/C21H23N3O4S/c1-15-7-9-18(10-8-15)29(26,27)14-20-22-21(28-23-20)19-11-17(25)13-24(19)12-16-5-3-2-4-6-16/h2-10,17,19,25H,11-14H2,1H3/t17-,19+/m1/s1. The number of benzene rings is 2. The zero-order valence-electron chi connectivity index (χ0n) is 16.1. The first kappa shape index (κ1) is 19.8. The summed E-state index contributed by atoms with van der Waals surface area (Å²) in [4.78, 5) is 6.65. The number of aromatic nitrogens is 2. The number of nitrogens with zero attached hydrogens (tertiary/aromatic N) is 3. The normalized spacial score (nSPS) is 20.2. The summed E-state index contributed by atoms with van der Waals surface area (Å²) in [6, 6.07) is 16.4. The molecule has 1 aliphatic heterocycles. The first-order chi connectivity index (χ1) is 13.9. The fourth-order valence-electron chi connectivity index (χ4n) is 3.59. The number of rotatable bonds is 6. The molecular weight excluding hydrogens is 390 g/mol. The molecule has 1 saturated heterocycles. The largest absolute Gasteiger partial charge is 0.392 e. The average molecular weight is 413 g/mol. The molecule has 3 aromatic rings. The first-order valence-electron chi connectivity index (χ1n) is 9.49. The van der Waals surface area contributed by atoms with Crippen LogP contribution in [0.15, 0.2) is 64.0 Å². The molecule has 1 aliphatic rings. The number of hydrogen-bond acceptors (Lipinski definition) is 7. The van der Waals surface area contributed by atoms with E-state index in [1.54, 1.807) is 24.3 Å². The van der Waals surface area contributed by atoms with Crippen molar-refractivity contribution in [2.75, 3.05) is 6.54 Å². The molecule has 8 heteroatoms. The van der Waals surface area contributed by atoms with Crippen molar-refractivity contribution in [3.63, 3.8) is 0 Å². The Kier molecular flexibility index (Phi) is 5.49. The third-order valence-corrected chi connectivity index (χ3v) is 6.71. The van der Waals surface area contributed by atoms with Gasteiger partial charge in [-0.15, -0.1) is 0 Å². The topological polar surface area (TPSA) is 96.5 Å². The van der Waals surface area contributed by atoms with Gasteiger partial charge in [-0.1, -0.05) is 53.2 Å². The molecule has 0 aliphatic carbocycles. The fourth-order valence-corrected chi connectivity index (χ4v) is 4.76. The van der Waals surface area contributed by atoms with Gasteiger partial charge in [0.15, 0.2) is 15.7 Å². The molecule has 1 fully saturated rings. The molecular formula is C21H23N3O4S. The molecule has 1 aromatic heterocycles. The lowest BCUT2D eigenvalue weighted by molar-refractivity contribution is 0.169. The first-order valence-corrected chi connectivity index (χ1v) is 11.1. The molecule has 7 nitrogen and oxygen atoms in total. The summed E-state index contributed by atoms with van der Waals surface area (Å²) in [7, 11) is -3.56. The molecule has 0 unspecified atom stereocenters. The third-order valence-electron chi connectivity index (χ3n) is 5.08. The molecule has 0 amide bonds. The van der Waals surface area contributed by atoms with Crippen molar-refractivity contribution in [3.05, 3.63) is 77.4 Å². The molecule has 2 atom stereocenters. The van der Waals surface area contributed by atoms with Crippen molar-refractivity contribution in [3.8, 4) is 0 Å². The van der Waals surface area contributed by atoms with Gasteiger partial charge in [0, 0.05) is 13.1 Å². The minimum absolute atomic E-state index is 0.127. The summed E-state index contributed by atoms with van der Waals surface area (Å²) in [6.07, 6.45) is -0.0190. The molecule has 0 spiro atoms. The van der Waals surface area contributed by atoms with Crippen LogP contribution in [0.2, 0.25) is 0 Å². The number of aryl methyl sites for hydroxylation is 1. The van der Waals surface area contributed by atoms with Crippen molar-refractivity contribution >= 4 is 9.84 Å². The maximum absolute atomic E-state index is 12.6. The molecule has 1 N–H and O–H groups in total. The SMILES string of the molecule is Cc1ccc(S(=O)(=O)Cc2noc([C@@H]3C[C@@H](O)CN3Cc3ccccc3)n2)cc1. The highest BCUT2D eigenvalue weighted by Gasteiger charge is 2.36. The van der Waals surface area contributed by atoms with Crippen molar-refractivity contribution in [2.45, 2.75) is 42.7 Å². The van der Waals surface area contributed by atoms with Gasteiger partial charge < -0.3 is 9.63 Å². The number of aliphatic hydroxyl groups excluding tert-OH is 1. The molecule has 0 saturated carbocycles. The maximum Gasteiger partial charge on any atom is 0.244 e. The van der Waals surface area contributed by atoms with E-state index in [0.717, 1.165) is 11.1 Å². The Morgan fingerprint density at radius 1 is 1.14 bits per heavy atom. The van der Waals surface area contributed by atoms with E-state index < -0.39 is 15.9 Å². The third kappa shape index (κ3) is 4.55. The van der Waals surface area contributed by atoms with E-state index in [0.29, 0.717) is 25.4 Å². The van der Waals surface area contributed by atoms with Crippen LogP contribution in [0.3, 0.4) is 0 Å². The minimum atomic E-state index is -3.56. The second kappa shape index (κ2) is 8.06. The van der Waals surface area contributed by atoms with Crippen molar-refractivity contribution in [1.82, 2.24) is 15.0 Å². The Morgan fingerprint density at radius 2 is 1.86 bits per heavy atom. The van der Waals surface area contributed by atoms with Crippen LogP contribution in [0.1, 0.15) is 35.3 Å². The summed E-state index contributed by atoms with van der Waals surface area (Å²) < 4.78 is 30.6. The van der Waals surface area contributed by atoms with Crippen LogP contribution >= 0.6 is 0 Å². The smallest absolute Gasteiger partial charge is 0.244 e. The van der Waals surface area contributed by atoms with E-state index in [2.05, 4.69) is 15.0 Å². The van der Waals surface area contributed by atoms with Gasteiger partial charge in [0.1, 0.15) is 5.75 Å². The highest BCUT2D eigenvalue weighted by Crippen LogP contribution is 2.32. The van der Waals surface area contributed by atoms with E-state index >= 15 is 0 Å². The van der Waals surface area contributed by atoms with Crippen LogP contribution in [0.25, 0.3) is 0 Å². The van der Waals surface area contributed by atoms with Crippen LogP contribution in [-0.4, -0.2) is 41.2 Å². The van der Waals surface area contributed by atoms with E-state index in [1.165, 1.54) is 0 Å². The molecule has 0 radical (unpaired) electrons. The Morgan fingerprint density at radius 3 is 2.59 bits per heavy atom. The number of β-amino-alcohol motifs (C(OH)–C–C–N with tert-alkyl or cyclic N) is 1.